The molecule has 0 saturated carbocycles. The van der Waals surface area contributed by atoms with Crippen molar-refractivity contribution < 1.29 is 4.79 Å². The quantitative estimate of drug-likeness (QED) is 0.777. The molecular formula is C26H29N3O. The highest BCUT2D eigenvalue weighted by atomic mass is 16.2. The zero-order valence-corrected chi connectivity index (χ0v) is 17.9. The van der Waals surface area contributed by atoms with Crippen LogP contribution in [0.4, 0.5) is 5.69 Å². The van der Waals surface area contributed by atoms with Crippen molar-refractivity contribution in [1.29, 1.82) is 0 Å². The number of likely N-dealkylation sites (N-methyl/N-ethyl adjacent to an activating group) is 1. The summed E-state index contributed by atoms with van der Waals surface area (Å²) in [5.74, 6) is 0.0293. The lowest BCUT2D eigenvalue weighted by molar-refractivity contribution is -0.124. The van der Waals surface area contributed by atoms with E-state index >= 15 is 0 Å². The first-order valence-corrected chi connectivity index (χ1v) is 10.5. The summed E-state index contributed by atoms with van der Waals surface area (Å²) in [5, 5.41) is 3.55. The molecule has 0 spiro atoms. The van der Waals surface area contributed by atoms with E-state index in [4.69, 9.17) is 0 Å². The molecule has 1 aliphatic heterocycles. The topological polar surface area (TPSA) is 35.6 Å². The number of nitrogens with one attached hydrogen (secondary N) is 1. The molecule has 1 aliphatic carbocycles. The second-order valence-corrected chi connectivity index (χ2v) is 8.10. The maximum absolute atomic E-state index is 13.5. The molecule has 154 valence electrons. The van der Waals surface area contributed by atoms with Crippen molar-refractivity contribution in [1.82, 2.24) is 10.2 Å². The van der Waals surface area contributed by atoms with Gasteiger partial charge >= 0.3 is 0 Å². The van der Waals surface area contributed by atoms with Crippen LogP contribution in [-0.4, -0.2) is 32.0 Å². The summed E-state index contributed by atoms with van der Waals surface area (Å²) in [6, 6.07) is 18.9. The number of hydrogen-bond donors (Lipinski definition) is 1. The molecule has 0 radical (unpaired) electrons. The van der Waals surface area contributed by atoms with Crippen LogP contribution in [0.2, 0.25) is 0 Å². The van der Waals surface area contributed by atoms with E-state index in [0.29, 0.717) is 5.70 Å². The number of rotatable bonds is 5. The van der Waals surface area contributed by atoms with Gasteiger partial charge in [0.2, 0.25) is 0 Å². The fraction of sp³-hybridized carbons (Fsp3) is 0.269. The van der Waals surface area contributed by atoms with Gasteiger partial charge in [-0.1, -0.05) is 54.6 Å². The lowest BCUT2D eigenvalue weighted by Gasteiger charge is -2.24. The van der Waals surface area contributed by atoms with Crippen molar-refractivity contribution in [2.24, 2.45) is 0 Å². The van der Waals surface area contributed by atoms with E-state index in [9.17, 15) is 4.79 Å². The van der Waals surface area contributed by atoms with E-state index in [-0.39, 0.29) is 11.9 Å². The minimum Gasteiger partial charge on any atom is -0.378 e. The van der Waals surface area contributed by atoms with Crippen molar-refractivity contribution in [3.8, 4) is 0 Å². The molecule has 0 aromatic heterocycles. The lowest BCUT2D eigenvalue weighted by atomic mass is 9.97. The molecule has 2 aromatic carbocycles. The Morgan fingerprint density at radius 3 is 2.37 bits per heavy atom. The molecule has 2 aromatic rings. The summed E-state index contributed by atoms with van der Waals surface area (Å²) in [4.78, 5) is 17.4. The van der Waals surface area contributed by atoms with E-state index in [1.54, 1.807) is 4.90 Å². The molecule has 0 saturated heterocycles. The summed E-state index contributed by atoms with van der Waals surface area (Å²) >= 11 is 0. The Labute approximate surface area is 179 Å². The lowest BCUT2D eigenvalue weighted by Crippen LogP contribution is -2.33. The standard InChI is InChI=1S/C26H29N3O/c1-28(2)21-16-14-19(15-17-21)23-18-24(20-10-6-4-7-11-20)27-25(23)26(30)29(3)22-12-8-5-9-13-22/h4-8,10-12,14-17,24,27H,9,13,18H2,1-3H3. The Morgan fingerprint density at radius 1 is 1.00 bits per heavy atom. The Bertz CT molecular complexity index is 1000. The number of nitrogens with zero attached hydrogens (tertiary/aromatic N) is 2. The van der Waals surface area contributed by atoms with E-state index in [2.05, 4.69) is 52.7 Å². The van der Waals surface area contributed by atoms with Crippen molar-refractivity contribution in [2.75, 3.05) is 26.0 Å². The molecule has 30 heavy (non-hydrogen) atoms. The molecule has 0 fully saturated rings. The van der Waals surface area contributed by atoms with E-state index in [1.807, 2.05) is 51.5 Å². The highest BCUT2D eigenvalue weighted by Crippen LogP contribution is 2.37. The number of carbonyl (C=O) groups excluding carboxylic acids is 1. The number of benzene rings is 2. The third-order valence-corrected chi connectivity index (χ3v) is 5.90. The fourth-order valence-corrected chi connectivity index (χ4v) is 4.09. The average Bonchev–Trinajstić information content (AvgIpc) is 3.25. The molecule has 4 nitrogen and oxygen atoms in total. The second kappa shape index (κ2) is 8.62. The maximum Gasteiger partial charge on any atom is 0.274 e. The van der Waals surface area contributed by atoms with Crippen LogP contribution in [0, 0.1) is 0 Å². The molecule has 1 unspecified atom stereocenters. The summed E-state index contributed by atoms with van der Waals surface area (Å²) in [5.41, 5.74) is 6.29. The predicted octanol–water partition coefficient (Wildman–Crippen LogP) is 4.89. The van der Waals surface area contributed by atoms with Crippen molar-refractivity contribution in [3.63, 3.8) is 0 Å². The monoisotopic (exact) mass is 399 g/mol. The van der Waals surface area contributed by atoms with Crippen molar-refractivity contribution in [3.05, 3.63) is 95.3 Å². The molecule has 4 rings (SSSR count). The molecule has 0 bridgehead atoms. The minimum atomic E-state index is 0.0293. The Balaban J connectivity index is 1.68. The molecular weight excluding hydrogens is 370 g/mol. The Hall–Kier alpha value is -3.27. The molecule has 1 amide bonds. The van der Waals surface area contributed by atoms with Gasteiger partial charge in [-0.25, -0.2) is 0 Å². The van der Waals surface area contributed by atoms with Gasteiger partial charge in [0.1, 0.15) is 5.70 Å². The van der Waals surface area contributed by atoms with Gasteiger partial charge in [-0.15, -0.1) is 0 Å². The highest BCUT2D eigenvalue weighted by molar-refractivity contribution is 6.02. The summed E-state index contributed by atoms with van der Waals surface area (Å²) < 4.78 is 0. The van der Waals surface area contributed by atoms with E-state index < -0.39 is 0 Å². The minimum absolute atomic E-state index is 0.0293. The van der Waals surface area contributed by atoms with Crippen molar-refractivity contribution >= 4 is 17.2 Å². The van der Waals surface area contributed by atoms with Crippen LogP contribution in [0.3, 0.4) is 0 Å². The van der Waals surface area contributed by atoms with Gasteiger partial charge in [0.25, 0.3) is 5.91 Å². The average molecular weight is 400 g/mol. The normalized spacial score (nSPS) is 18.1. The number of carbonyl (C=O) groups is 1. The second-order valence-electron chi connectivity index (χ2n) is 8.10. The zero-order chi connectivity index (χ0) is 21.1. The predicted molar refractivity (Wildman–Crippen MR) is 124 cm³/mol. The summed E-state index contributed by atoms with van der Waals surface area (Å²) in [6.07, 6.45) is 8.86. The van der Waals surface area contributed by atoms with Crippen molar-refractivity contribution in [2.45, 2.75) is 25.3 Å². The summed E-state index contributed by atoms with van der Waals surface area (Å²) in [6.45, 7) is 0. The van der Waals surface area contributed by atoms with Gasteiger partial charge in [0, 0.05) is 32.5 Å². The molecule has 1 atom stereocenters. The number of hydrogen-bond acceptors (Lipinski definition) is 3. The van der Waals surface area contributed by atoms with E-state index in [0.717, 1.165) is 41.8 Å². The van der Waals surface area contributed by atoms with Gasteiger partial charge in [0.05, 0.1) is 6.04 Å². The van der Waals surface area contributed by atoms with Gasteiger partial charge in [-0.3, -0.25) is 4.79 Å². The largest absolute Gasteiger partial charge is 0.378 e. The Morgan fingerprint density at radius 2 is 1.73 bits per heavy atom. The third-order valence-electron chi connectivity index (χ3n) is 5.90. The highest BCUT2D eigenvalue weighted by Gasteiger charge is 2.31. The van der Waals surface area contributed by atoms with Gasteiger partial charge in [0.15, 0.2) is 0 Å². The molecule has 1 N–H and O–H groups in total. The number of amides is 1. The maximum atomic E-state index is 13.5. The smallest absolute Gasteiger partial charge is 0.274 e. The molecule has 2 aliphatic rings. The third kappa shape index (κ3) is 4.04. The number of anilines is 1. The van der Waals surface area contributed by atoms with Crippen LogP contribution >= 0.6 is 0 Å². The summed E-state index contributed by atoms with van der Waals surface area (Å²) in [7, 11) is 5.95. The first-order chi connectivity index (χ1) is 14.5. The SMILES string of the molecule is CN(C(=O)C1=C(c2ccc(N(C)C)cc2)CC(c2ccccc2)N1)C1=CC=CCC1. The van der Waals surface area contributed by atoms with Crippen LogP contribution in [-0.2, 0) is 4.79 Å². The first-order valence-electron chi connectivity index (χ1n) is 10.5. The van der Waals surface area contributed by atoms with Crippen LogP contribution in [0.5, 0.6) is 0 Å². The van der Waals surface area contributed by atoms with Crippen LogP contribution < -0.4 is 10.2 Å². The van der Waals surface area contributed by atoms with Crippen LogP contribution in [0.1, 0.15) is 36.4 Å². The fourth-order valence-electron chi connectivity index (χ4n) is 4.09. The first kappa shape index (κ1) is 20.0. The zero-order valence-electron chi connectivity index (χ0n) is 17.9. The van der Waals surface area contributed by atoms with E-state index in [1.165, 1.54) is 5.56 Å². The van der Waals surface area contributed by atoms with Crippen LogP contribution in [0.15, 0.2) is 84.2 Å². The van der Waals surface area contributed by atoms with Gasteiger partial charge < -0.3 is 15.1 Å². The van der Waals surface area contributed by atoms with Gasteiger partial charge in [-0.2, -0.15) is 0 Å². The molecule has 4 heteroatoms. The van der Waals surface area contributed by atoms with Crippen LogP contribution in [0.25, 0.3) is 5.57 Å². The number of allylic oxidation sites excluding steroid dienone is 4. The van der Waals surface area contributed by atoms with Gasteiger partial charge in [-0.05, 0) is 54.2 Å². The molecule has 1 heterocycles. The Kier molecular flexibility index (Phi) is 5.75.